The van der Waals surface area contributed by atoms with Crippen LogP contribution in [0.25, 0.3) is 11.1 Å². The summed E-state index contributed by atoms with van der Waals surface area (Å²) in [6.07, 6.45) is 1.32. The van der Waals surface area contributed by atoms with Gasteiger partial charge in [0.05, 0.1) is 10.8 Å². The van der Waals surface area contributed by atoms with E-state index in [1.165, 1.54) is 35.2 Å². The molecule has 0 aliphatic rings. The van der Waals surface area contributed by atoms with Crippen molar-refractivity contribution >= 4 is 52.0 Å². The lowest BCUT2D eigenvalue weighted by Crippen LogP contribution is -2.40. The highest BCUT2D eigenvalue weighted by Gasteiger charge is 2.22. The second-order valence-electron chi connectivity index (χ2n) is 10.0. The maximum Gasteiger partial charge on any atom is 0.264 e. The zero-order valence-electron chi connectivity index (χ0n) is 24.0. The van der Waals surface area contributed by atoms with E-state index in [-0.39, 0.29) is 53.9 Å². The van der Waals surface area contributed by atoms with E-state index in [9.17, 15) is 22.8 Å². The molecular weight excluding hydrogens is 613 g/mol. The molecule has 0 bridgehead atoms. The lowest BCUT2D eigenvalue weighted by atomic mass is 10.0. The van der Waals surface area contributed by atoms with Crippen molar-refractivity contribution in [1.82, 2.24) is 14.9 Å². The summed E-state index contributed by atoms with van der Waals surface area (Å²) in [5, 5.41) is 3.45. The van der Waals surface area contributed by atoms with Crippen LogP contribution in [0.1, 0.15) is 37.8 Å². The quantitative estimate of drug-likeness (QED) is 0.213. The predicted molar refractivity (Wildman–Crippen MR) is 169 cm³/mol. The van der Waals surface area contributed by atoms with Crippen molar-refractivity contribution in [2.75, 3.05) is 18.8 Å². The van der Waals surface area contributed by atoms with Crippen LogP contribution in [0.2, 0.25) is 5.02 Å². The highest BCUT2D eigenvalue weighted by molar-refractivity contribution is 7.90. The first-order chi connectivity index (χ1) is 20.4. The number of nitrogens with one attached hydrogen (secondary N) is 2. The Morgan fingerprint density at radius 1 is 1.05 bits per heavy atom. The maximum atomic E-state index is 15.4. The summed E-state index contributed by atoms with van der Waals surface area (Å²) in [5.41, 5.74) is 1.66. The Labute approximate surface area is 262 Å². The number of hydrogen-bond acceptors (Lipinski definition) is 6. The first-order valence-corrected chi connectivity index (χ1v) is 16.3. The maximum absolute atomic E-state index is 15.4. The fourth-order valence-electron chi connectivity index (χ4n) is 4.54. The second kappa shape index (κ2) is 15.9. The molecule has 12 heteroatoms. The normalized spacial score (nSPS) is 11.9. The summed E-state index contributed by atoms with van der Waals surface area (Å²) < 4.78 is 42.7. The zero-order chi connectivity index (χ0) is 31.6. The van der Waals surface area contributed by atoms with Crippen LogP contribution >= 0.6 is 24.2 Å². The molecule has 0 saturated carbocycles. The van der Waals surface area contributed by atoms with Gasteiger partial charge < -0.3 is 10.2 Å². The third-order valence-corrected chi connectivity index (χ3v) is 8.81. The van der Waals surface area contributed by atoms with Gasteiger partial charge in [0.25, 0.3) is 10.0 Å². The van der Waals surface area contributed by atoms with Crippen molar-refractivity contribution in [3.8, 4) is 11.1 Å². The summed E-state index contributed by atoms with van der Waals surface area (Å²) in [4.78, 5) is 38.5. The molecule has 3 amide bonds. The molecule has 3 aromatic rings. The number of rotatable bonds is 14. The highest BCUT2D eigenvalue weighted by Crippen LogP contribution is 2.29. The minimum absolute atomic E-state index is 0.0365. The van der Waals surface area contributed by atoms with E-state index in [2.05, 4.69) is 17.9 Å². The smallest absolute Gasteiger partial charge is 0.264 e. The summed E-state index contributed by atoms with van der Waals surface area (Å²) >= 11 is 10.4. The first-order valence-electron chi connectivity index (χ1n) is 13.8. The molecule has 0 saturated heterocycles. The number of nitrogens with zero attached hydrogens (tertiary/aromatic N) is 1. The molecule has 3 rings (SSSR count). The third-order valence-electron chi connectivity index (χ3n) is 6.64. The molecule has 1 unspecified atom stereocenters. The topological polar surface area (TPSA) is 113 Å². The van der Waals surface area contributed by atoms with Crippen LogP contribution < -0.4 is 10.0 Å². The van der Waals surface area contributed by atoms with Crippen LogP contribution in [-0.2, 0) is 37.4 Å². The SMILES string of the molecule is CCCC(=O)N(CCNC(=O)C(CS)Cc1cccc(Cl)c1)Cc1ccc(-c2ccccc2S(=O)(=O)NC(C)=O)cc1F. The minimum Gasteiger partial charge on any atom is -0.354 e. The largest absolute Gasteiger partial charge is 0.354 e. The molecule has 230 valence electrons. The van der Waals surface area contributed by atoms with Gasteiger partial charge in [0, 0.05) is 54.9 Å². The van der Waals surface area contributed by atoms with Gasteiger partial charge in [-0.3, -0.25) is 14.4 Å². The summed E-state index contributed by atoms with van der Waals surface area (Å²) in [6.45, 7) is 3.26. The molecule has 43 heavy (non-hydrogen) atoms. The number of sulfonamides is 1. The number of carbonyl (C=O) groups is 3. The van der Waals surface area contributed by atoms with Gasteiger partial charge in [0.15, 0.2) is 0 Å². The predicted octanol–water partition coefficient (Wildman–Crippen LogP) is 5.00. The Morgan fingerprint density at radius 2 is 1.79 bits per heavy atom. The number of carbonyl (C=O) groups excluding carboxylic acids is 3. The third kappa shape index (κ3) is 9.80. The summed E-state index contributed by atoms with van der Waals surface area (Å²) in [6, 6.07) is 17.5. The summed E-state index contributed by atoms with van der Waals surface area (Å²) in [7, 11) is -4.16. The van der Waals surface area contributed by atoms with Gasteiger partial charge in [-0.05, 0) is 48.2 Å². The van der Waals surface area contributed by atoms with Crippen molar-refractivity contribution in [1.29, 1.82) is 0 Å². The van der Waals surface area contributed by atoms with Gasteiger partial charge in [-0.15, -0.1) is 0 Å². The van der Waals surface area contributed by atoms with Gasteiger partial charge in [-0.2, -0.15) is 12.6 Å². The fraction of sp³-hybridized carbons (Fsp3) is 0.323. The zero-order valence-corrected chi connectivity index (χ0v) is 26.4. The van der Waals surface area contributed by atoms with Crippen LogP contribution in [0, 0.1) is 11.7 Å². The van der Waals surface area contributed by atoms with E-state index in [1.807, 2.05) is 23.8 Å². The first kappa shape index (κ1) is 34.1. The Bertz CT molecular complexity index is 1570. The van der Waals surface area contributed by atoms with E-state index in [0.717, 1.165) is 12.5 Å². The second-order valence-corrected chi connectivity index (χ2v) is 12.5. The van der Waals surface area contributed by atoms with Crippen molar-refractivity contribution < 1.29 is 27.2 Å². The lowest BCUT2D eigenvalue weighted by Gasteiger charge is -2.24. The molecule has 1 atom stereocenters. The Kier molecular flexibility index (Phi) is 12.6. The molecule has 0 radical (unpaired) electrons. The molecule has 0 fully saturated rings. The Balaban J connectivity index is 1.73. The van der Waals surface area contributed by atoms with Gasteiger partial charge >= 0.3 is 0 Å². The molecule has 0 spiro atoms. The summed E-state index contributed by atoms with van der Waals surface area (Å²) in [5.74, 6) is -1.84. The molecule has 0 aromatic heterocycles. The van der Waals surface area contributed by atoms with Crippen LogP contribution in [0.3, 0.4) is 0 Å². The number of benzene rings is 3. The lowest BCUT2D eigenvalue weighted by molar-refractivity contribution is -0.132. The fourth-order valence-corrected chi connectivity index (χ4v) is 6.27. The van der Waals surface area contributed by atoms with Gasteiger partial charge in [-0.25, -0.2) is 17.5 Å². The van der Waals surface area contributed by atoms with Gasteiger partial charge in [-0.1, -0.05) is 61.0 Å². The molecular formula is C31H35ClFN3O5S2. The average molecular weight is 648 g/mol. The van der Waals surface area contributed by atoms with E-state index >= 15 is 4.39 Å². The monoisotopic (exact) mass is 647 g/mol. The average Bonchev–Trinajstić information content (AvgIpc) is 2.95. The Morgan fingerprint density at radius 3 is 2.44 bits per heavy atom. The van der Waals surface area contributed by atoms with E-state index in [1.54, 1.807) is 24.3 Å². The van der Waals surface area contributed by atoms with E-state index in [4.69, 9.17) is 11.6 Å². The van der Waals surface area contributed by atoms with Crippen molar-refractivity contribution in [2.24, 2.45) is 5.92 Å². The van der Waals surface area contributed by atoms with Crippen LogP contribution in [0.4, 0.5) is 4.39 Å². The highest BCUT2D eigenvalue weighted by atomic mass is 35.5. The van der Waals surface area contributed by atoms with E-state index < -0.39 is 27.7 Å². The van der Waals surface area contributed by atoms with Crippen molar-refractivity contribution in [2.45, 2.75) is 44.6 Å². The molecule has 2 N–H and O–H groups in total. The van der Waals surface area contributed by atoms with E-state index in [0.29, 0.717) is 29.2 Å². The number of halogens is 2. The van der Waals surface area contributed by atoms with Crippen LogP contribution in [-0.4, -0.2) is 49.9 Å². The number of thiol groups is 1. The minimum atomic E-state index is -4.16. The number of amides is 3. The van der Waals surface area contributed by atoms with Crippen LogP contribution in [0.5, 0.6) is 0 Å². The van der Waals surface area contributed by atoms with Crippen molar-refractivity contribution in [3.05, 3.63) is 88.7 Å². The van der Waals surface area contributed by atoms with Crippen LogP contribution in [0.15, 0.2) is 71.6 Å². The Hall–Kier alpha value is -3.41. The molecule has 0 aliphatic heterocycles. The molecule has 0 heterocycles. The van der Waals surface area contributed by atoms with Gasteiger partial charge in [0.1, 0.15) is 5.82 Å². The van der Waals surface area contributed by atoms with Gasteiger partial charge in [0.2, 0.25) is 17.7 Å². The van der Waals surface area contributed by atoms with Crippen molar-refractivity contribution in [3.63, 3.8) is 0 Å². The molecule has 3 aromatic carbocycles. The number of hydrogen-bond donors (Lipinski definition) is 3. The molecule has 0 aliphatic carbocycles. The standard InChI is InChI=1S/C31H35ClFN3O5S2/c1-3-7-30(38)36(15-14-34-31(39)25(20-42)16-22-8-6-9-26(32)17-22)19-24-13-12-23(18-28(24)33)27-10-4-5-11-29(27)43(40,41)35-21(2)37/h4-6,8-13,17-18,25,42H,3,7,14-16,19-20H2,1-2H3,(H,34,39)(H,35,37). The molecule has 8 nitrogen and oxygen atoms in total.